The fourth-order valence-corrected chi connectivity index (χ4v) is 4.65. The van der Waals surface area contributed by atoms with Crippen LogP contribution in [0.15, 0.2) is 52.9 Å². The zero-order valence-electron chi connectivity index (χ0n) is 16.1. The summed E-state index contributed by atoms with van der Waals surface area (Å²) in [6.45, 7) is 6.48. The topological polar surface area (TPSA) is 60.4 Å². The molecule has 2 aromatic carbocycles. The molecule has 0 atom stereocenters. The van der Waals surface area contributed by atoms with E-state index in [2.05, 4.69) is 32.9 Å². The molecule has 1 aliphatic rings. The Labute approximate surface area is 160 Å². The molecule has 3 rings (SSSR count). The van der Waals surface area contributed by atoms with Crippen LogP contribution in [0.2, 0.25) is 0 Å². The van der Waals surface area contributed by atoms with E-state index in [9.17, 15) is 13.2 Å². The minimum absolute atomic E-state index is 0.0680. The van der Waals surface area contributed by atoms with E-state index in [1.165, 1.54) is 12.7 Å². The van der Waals surface area contributed by atoms with Crippen LogP contribution in [0.25, 0.3) is 17.2 Å². The van der Waals surface area contributed by atoms with Crippen molar-refractivity contribution in [1.82, 2.24) is 0 Å². The summed E-state index contributed by atoms with van der Waals surface area (Å²) in [5.74, 6) is -0.585. The summed E-state index contributed by atoms with van der Waals surface area (Å²) >= 11 is 0. The van der Waals surface area contributed by atoms with Crippen molar-refractivity contribution in [2.24, 2.45) is 0 Å². The molecular formula is C22H24O4S. The zero-order valence-corrected chi connectivity index (χ0v) is 16.9. The first-order chi connectivity index (χ1) is 12.6. The fraction of sp³-hybridized carbons (Fsp3) is 0.318. The standard InChI is InChI=1S/C22H24O4S/c1-22(2,3)19-8-5-15(6-9-19)16-7-10-20-18(13-16)14-17(21(23)26-4)11-12-27(20,24)25/h5-10,13-14H,11-12H2,1-4H3. The van der Waals surface area contributed by atoms with Gasteiger partial charge in [0.15, 0.2) is 9.84 Å². The van der Waals surface area contributed by atoms with E-state index in [4.69, 9.17) is 4.74 Å². The van der Waals surface area contributed by atoms with E-state index in [1.54, 1.807) is 12.1 Å². The molecular weight excluding hydrogens is 360 g/mol. The molecule has 1 aliphatic heterocycles. The van der Waals surface area contributed by atoms with Crippen molar-refractivity contribution in [2.45, 2.75) is 37.5 Å². The normalized spacial score (nSPS) is 16.1. The van der Waals surface area contributed by atoms with Crippen LogP contribution in [0, 0.1) is 0 Å². The maximum absolute atomic E-state index is 12.6. The summed E-state index contributed by atoms with van der Waals surface area (Å²) < 4.78 is 29.9. The number of hydrogen-bond donors (Lipinski definition) is 0. The van der Waals surface area contributed by atoms with Crippen LogP contribution in [-0.2, 0) is 24.8 Å². The molecule has 2 aromatic rings. The number of carbonyl (C=O) groups is 1. The predicted octanol–water partition coefficient (Wildman–Crippen LogP) is 4.38. The van der Waals surface area contributed by atoms with Crippen LogP contribution in [0.3, 0.4) is 0 Å². The molecule has 0 fully saturated rings. The molecule has 0 saturated carbocycles. The minimum Gasteiger partial charge on any atom is -0.466 e. The average Bonchev–Trinajstić information content (AvgIpc) is 2.76. The fourth-order valence-electron chi connectivity index (χ4n) is 3.19. The first-order valence-electron chi connectivity index (χ1n) is 8.88. The highest BCUT2D eigenvalue weighted by atomic mass is 32.2. The molecule has 0 bridgehead atoms. The Balaban J connectivity index is 2.09. The number of carbonyl (C=O) groups excluding carboxylic acids is 1. The highest BCUT2D eigenvalue weighted by Crippen LogP contribution is 2.32. The van der Waals surface area contributed by atoms with Crippen LogP contribution in [-0.4, -0.2) is 27.2 Å². The number of benzene rings is 2. The lowest BCUT2D eigenvalue weighted by Crippen LogP contribution is -2.10. The first-order valence-corrected chi connectivity index (χ1v) is 10.5. The van der Waals surface area contributed by atoms with Crippen molar-refractivity contribution in [3.63, 3.8) is 0 Å². The van der Waals surface area contributed by atoms with Gasteiger partial charge in [0.1, 0.15) is 0 Å². The molecule has 0 saturated heterocycles. The number of hydrogen-bond acceptors (Lipinski definition) is 4. The summed E-state index contributed by atoms with van der Waals surface area (Å²) in [6.07, 6.45) is 1.79. The molecule has 142 valence electrons. The van der Waals surface area contributed by atoms with Crippen molar-refractivity contribution in [3.8, 4) is 11.1 Å². The van der Waals surface area contributed by atoms with Crippen LogP contribution < -0.4 is 0 Å². The van der Waals surface area contributed by atoms with Gasteiger partial charge in [-0.2, -0.15) is 0 Å². The van der Waals surface area contributed by atoms with Crippen LogP contribution in [0.4, 0.5) is 0 Å². The Morgan fingerprint density at radius 2 is 1.63 bits per heavy atom. The minimum atomic E-state index is -3.44. The Bertz CT molecular complexity index is 1010. The monoisotopic (exact) mass is 384 g/mol. The zero-order chi connectivity index (χ0) is 19.8. The summed E-state index contributed by atoms with van der Waals surface area (Å²) in [6, 6.07) is 13.5. The molecule has 0 radical (unpaired) electrons. The molecule has 4 nitrogen and oxygen atoms in total. The maximum atomic E-state index is 12.6. The predicted molar refractivity (Wildman–Crippen MR) is 107 cm³/mol. The molecule has 0 aliphatic carbocycles. The van der Waals surface area contributed by atoms with Gasteiger partial charge in [0.25, 0.3) is 0 Å². The second-order valence-corrected chi connectivity index (χ2v) is 9.89. The third-order valence-corrected chi connectivity index (χ3v) is 6.63. The highest BCUT2D eigenvalue weighted by molar-refractivity contribution is 7.91. The lowest BCUT2D eigenvalue weighted by molar-refractivity contribution is -0.136. The molecule has 0 amide bonds. The van der Waals surface area contributed by atoms with Gasteiger partial charge in [0, 0.05) is 5.57 Å². The van der Waals surface area contributed by atoms with E-state index < -0.39 is 15.8 Å². The number of methoxy groups -OCH3 is 1. The Kier molecular flexibility index (Phi) is 5.00. The summed E-state index contributed by atoms with van der Waals surface area (Å²) in [5.41, 5.74) is 4.12. The van der Waals surface area contributed by atoms with Crippen molar-refractivity contribution in [1.29, 1.82) is 0 Å². The van der Waals surface area contributed by atoms with Crippen molar-refractivity contribution in [3.05, 3.63) is 59.2 Å². The van der Waals surface area contributed by atoms with Gasteiger partial charge in [-0.15, -0.1) is 0 Å². The van der Waals surface area contributed by atoms with Crippen LogP contribution in [0.5, 0.6) is 0 Å². The quantitative estimate of drug-likeness (QED) is 0.721. The Morgan fingerprint density at radius 3 is 2.22 bits per heavy atom. The Morgan fingerprint density at radius 1 is 1.00 bits per heavy atom. The number of sulfone groups is 1. The van der Waals surface area contributed by atoms with Gasteiger partial charge in [0.05, 0.1) is 17.8 Å². The third-order valence-electron chi connectivity index (χ3n) is 4.85. The average molecular weight is 384 g/mol. The second kappa shape index (κ2) is 6.97. The third kappa shape index (κ3) is 3.98. The van der Waals surface area contributed by atoms with Crippen molar-refractivity contribution >= 4 is 21.9 Å². The van der Waals surface area contributed by atoms with Gasteiger partial charge in [0.2, 0.25) is 0 Å². The molecule has 0 aromatic heterocycles. The largest absolute Gasteiger partial charge is 0.466 e. The van der Waals surface area contributed by atoms with Gasteiger partial charge in [-0.3, -0.25) is 0 Å². The SMILES string of the molecule is COC(=O)C1=Cc2cc(-c3ccc(C(C)(C)C)cc3)ccc2S(=O)(=O)CC1. The molecule has 27 heavy (non-hydrogen) atoms. The maximum Gasteiger partial charge on any atom is 0.333 e. The Hall–Kier alpha value is -2.40. The number of ether oxygens (including phenoxy) is 1. The smallest absolute Gasteiger partial charge is 0.333 e. The van der Waals surface area contributed by atoms with E-state index in [1.807, 2.05) is 24.3 Å². The van der Waals surface area contributed by atoms with E-state index in [0.717, 1.165) is 11.1 Å². The van der Waals surface area contributed by atoms with Crippen molar-refractivity contribution in [2.75, 3.05) is 12.9 Å². The van der Waals surface area contributed by atoms with E-state index >= 15 is 0 Å². The number of esters is 1. The summed E-state index contributed by atoms with van der Waals surface area (Å²) in [5, 5.41) is 0. The van der Waals surface area contributed by atoms with Crippen molar-refractivity contribution < 1.29 is 17.9 Å². The lowest BCUT2D eigenvalue weighted by Gasteiger charge is -2.19. The van der Waals surface area contributed by atoms with Gasteiger partial charge >= 0.3 is 5.97 Å². The van der Waals surface area contributed by atoms with Crippen LogP contribution >= 0.6 is 0 Å². The molecule has 0 N–H and O–H groups in total. The second-order valence-electron chi connectivity index (χ2n) is 7.81. The molecule has 5 heteroatoms. The van der Waals surface area contributed by atoms with Gasteiger partial charge in [-0.1, -0.05) is 51.1 Å². The first kappa shape index (κ1) is 19.4. The summed E-state index contributed by atoms with van der Waals surface area (Å²) in [4.78, 5) is 12.2. The summed E-state index contributed by atoms with van der Waals surface area (Å²) in [7, 11) is -2.14. The van der Waals surface area contributed by atoms with Gasteiger partial charge < -0.3 is 4.74 Å². The van der Waals surface area contributed by atoms with Gasteiger partial charge in [-0.25, -0.2) is 13.2 Å². The highest BCUT2D eigenvalue weighted by Gasteiger charge is 2.25. The molecule has 0 spiro atoms. The van der Waals surface area contributed by atoms with E-state index in [-0.39, 0.29) is 22.5 Å². The lowest BCUT2D eigenvalue weighted by atomic mass is 9.86. The van der Waals surface area contributed by atoms with E-state index in [0.29, 0.717) is 11.1 Å². The van der Waals surface area contributed by atoms with Crippen LogP contribution in [0.1, 0.15) is 38.3 Å². The molecule has 0 unspecified atom stereocenters. The number of fused-ring (bicyclic) bond motifs is 1. The molecule has 1 heterocycles. The number of rotatable bonds is 2. The van der Waals surface area contributed by atoms with Gasteiger partial charge in [-0.05, 0) is 52.3 Å².